The van der Waals surface area contributed by atoms with Crippen molar-refractivity contribution in [2.75, 3.05) is 18.0 Å². The summed E-state index contributed by atoms with van der Waals surface area (Å²) in [5.74, 6) is 0.200. The van der Waals surface area contributed by atoms with Gasteiger partial charge in [0.05, 0.1) is 38.4 Å². The number of aryl methyl sites for hydroxylation is 1. The van der Waals surface area contributed by atoms with Gasteiger partial charge in [-0.1, -0.05) is 64.6 Å². The molecule has 0 fully saturated rings. The van der Waals surface area contributed by atoms with Gasteiger partial charge in [-0.15, -0.1) is 0 Å². The van der Waals surface area contributed by atoms with E-state index >= 15 is 0 Å². The molecule has 0 saturated carbocycles. The first-order chi connectivity index (χ1) is 20.5. The Labute approximate surface area is 273 Å². The Morgan fingerprint density at radius 1 is 1.00 bits per heavy atom. The maximum Gasteiger partial charge on any atom is 0.264 e. The van der Waals surface area contributed by atoms with Crippen molar-refractivity contribution in [2.45, 2.75) is 18.4 Å². The number of hydrogen-bond donors (Lipinski definition) is 1. The van der Waals surface area contributed by atoms with Crippen LogP contribution in [0.15, 0.2) is 93.3 Å². The van der Waals surface area contributed by atoms with Gasteiger partial charge in [0.25, 0.3) is 15.9 Å². The maximum atomic E-state index is 13.5. The lowest BCUT2D eigenvalue weighted by molar-refractivity contribution is -0.119. The Balaban J connectivity index is 1.48. The summed E-state index contributed by atoms with van der Waals surface area (Å²) in [4.78, 5) is 12.9. The minimum Gasteiger partial charge on any atom is -0.493 e. The molecule has 0 atom stereocenters. The number of halogens is 4. The van der Waals surface area contributed by atoms with Crippen molar-refractivity contribution in [3.8, 4) is 11.5 Å². The molecule has 0 bridgehead atoms. The molecule has 0 unspecified atom stereocenters. The number of anilines is 1. The minimum atomic E-state index is -4.10. The molecule has 0 saturated heterocycles. The fourth-order valence-corrected chi connectivity index (χ4v) is 6.36. The second-order valence-corrected chi connectivity index (χ2v) is 13.1. The summed E-state index contributed by atoms with van der Waals surface area (Å²) >= 11 is 21.7. The number of nitrogens with one attached hydrogen (secondary N) is 1. The van der Waals surface area contributed by atoms with E-state index in [9.17, 15) is 13.2 Å². The SMILES string of the molecule is COc1cc(/C=N\NC(=O)CN(c2cccc(Cl)c2)S(=O)(=O)c2ccc(C)cc2)cc(Br)c1OCc1ccc(Cl)c(Cl)c1. The number of ether oxygens (including phenoxy) is 2. The first kappa shape index (κ1) is 32.6. The van der Waals surface area contributed by atoms with E-state index in [1.54, 1.807) is 60.7 Å². The van der Waals surface area contributed by atoms with Gasteiger partial charge in [-0.2, -0.15) is 5.10 Å². The van der Waals surface area contributed by atoms with Gasteiger partial charge in [-0.05, 0) is 88.6 Å². The standard InChI is InChI=1S/C30H25BrCl3N3O5S/c1-19-6-9-24(10-7-19)43(39,40)37(23-5-3-4-22(32)15-23)17-29(38)36-35-16-21-12-25(31)30(28(14-21)41-2)42-18-20-8-11-26(33)27(34)13-20/h3-16H,17-18H2,1-2H3,(H,36,38)/b35-16-. The summed E-state index contributed by atoms with van der Waals surface area (Å²) in [5.41, 5.74) is 4.91. The number of nitrogens with zero attached hydrogens (tertiary/aromatic N) is 2. The summed E-state index contributed by atoms with van der Waals surface area (Å²) < 4.78 is 40.0. The van der Waals surface area contributed by atoms with Gasteiger partial charge < -0.3 is 9.47 Å². The zero-order valence-electron chi connectivity index (χ0n) is 22.9. The van der Waals surface area contributed by atoms with Gasteiger partial charge in [0.2, 0.25) is 0 Å². The molecule has 0 aliphatic rings. The Bertz CT molecular complexity index is 1770. The van der Waals surface area contributed by atoms with E-state index in [0.717, 1.165) is 15.4 Å². The van der Waals surface area contributed by atoms with Crippen molar-refractivity contribution in [3.05, 3.63) is 115 Å². The van der Waals surface area contributed by atoms with E-state index in [4.69, 9.17) is 44.3 Å². The molecule has 0 aliphatic heterocycles. The molecule has 1 N–H and O–H groups in total. The van der Waals surface area contributed by atoms with Gasteiger partial charge in [0.15, 0.2) is 11.5 Å². The fraction of sp³-hybridized carbons (Fsp3) is 0.133. The van der Waals surface area contributed by atoms with Gasteiger partial charge in [0.1, 0.15) is 13.2 Å². The zero-order chi connectivity index (χ0) is 31.1. The molecule has 4 rings (SSSR count). The van der Waals surface area contributed by atoms with Crippen LogP contribution >= 0.6 is 50.7 Å². The third-order valence-electron chi connectivity index (χ3n) is 6.01. The molecule has 43 heavy (non-hydrogen) atoms. The second-order valence-electron chi connectivity index (χ2n) is 9.17. The lowest BCUT2D eigenvalue weighted by Gasteiger charge is -2.24. The number of sulfonamides is 1. The molecule has 4 aromatic carbocycles. The number of hydrogen-bond acceptors (Lipinski definition) is 6. The van der Waals surface area contributed by atoms with E-state index in [0.29, 0.717) is 36.6 Å². The number of carbonyl (C=O) groups excluding carboxylic acids is 1. The van der Waals surface area contributed by atoms with Crippen LogP contribution in [0.25, 0.3) is 0 Å². The Kier molecular flexibility index (Phi) is 11.0. The Morgan fingerprint density at radius 3 is 2.42 bits per heavy atom. The van der Waals surface area contributed by atoms with Gasteiger partial charge in [0, 0.05) is 5.02 Å². The third kappa shape index (κ3) is 8.43. The molecule has 8 nitrogen and oxygen atoms in total. The lowest BCUT2D eigenvalue weighted by Crippen LogP contribution is -2.39. The molecular formula is C30H25BrCl3N3O5S. The molecule has 0 aromatic heterocycles. The predicted molar refractivity (Wildman–Crippen MR) is 174 cm³/mol. The molecule has 224 valence electrons. The van der Waals surface area contributed by atoms with Crippen LogP contribution in [0.1, 0.15) is 16.7 Å². The van der Waals surface area contributed by atoms with E-state index in [-0.39, 0.29) is 17.2 Å². The van der Waals surface area contributed by atoms with E-state index in [2.05, 4.69) is 26.5 Å². The van der Waals surface area contributed by atoms with Crippen molar-refractivity contribution in [1.29, 1.82) is 0 Å². The number of carbonyl (C=O) groups is 1. The first-order valence-corrected chi connectivity index (χ1v) is 16.0. The molecule has 0 aliphatic carbocycles. The van der Waals surface area contributed by atoms with Crippen LogP contribution in [-0.4, -0.2) is 34.2 Å². The van der Waals surface area contributed by atoms with Crippen LogP contribution in [0.2, 0.25) is 15.1 Å². The van der Waals surface area contributed by atoms with Gasteiger partial charge in [-0.25, -0.2) is 13.8 Å². The average molecular weight is 726 g/mol. The normalized spacial score (nSPS) is 11.4. The Morgan fingerprint density at radius 2 is 1.74 bits per heavy atom. The zero-order valence-corrected chi connectivity index (χ0v) is 27.5. The van der Waals surface area contributed by atoms with Crippen molar-refractivity contribution >= 4 is 78.6 Å². The number of hydrazone groups is 1. The average Bonchev–Trinajstić information content (AvgIpc) is 2.97. The molecular weight excluding hydrogens is 701 g/mol. The molecule has 4 aromatic rings. The number of methoxy groups -OCH3 is 1. The van der Waals surface area contributed by atoms with E-state index in [1.807, 2.05) is 6.92 Å². The van der Waals surface area contributed by atoms with Crippen molar-refractivity contribution < 1.29 is 22.7 Å². The van der Waals surface area contributed by atoms with Crippen LogP contribution in [-0.2, 0) is 21.4 Å². The Hall–Kier alpha value is -3.28. The first-order valence-electron chi connectivity index (χ1n) is 12.6. The number of rotatable bonds is 11. The smallest absolute Gasteiger partial charge is 0.264 e. The van der Waals surface area contributed by atoms with Crippen molar-refractivity contribution in [3.63, 3.8) is 0 Å². The summed E-state index contributed by atoms with van der Waals surface area (Å²) in [5, 5.41) is 5.21. The monoisotopic (exact) mass is 723 g/mol. The van der Waals surface area contributed by atoms with Crippen LogP contribution in [0.5, 0.6) is 11.5 Å². The van der Waals surface area contributed by atoms with Crippen LogP contribution in [0.3, 0.4) is 0 Å². The van der Waals surface area contributed by atoms with Gasteiger partial charge >= 0.3 is 0 Å². The third-order valence-corrected chi connectivity index (χ3v) is 9.37. The topological polar surface area (TPSA) is 97.3 Å². The summed E-state index contributed by atoms with van der Waals surface area (Å²) in [6.07, 6.45) is 1.39. The molecule has 1 amide bonds. The summed E-state index contributed by atoms with van der Waals surface area (Å²) in [7, 11) is -2.60. The van der Waals surface area contributed by atoms with Crippen LogP contribution < -0.4 is 19.2 Å². The highest BCUT2D eigenvalue weighted by molar-refractivity contribution is 9.10. The van der Waals surface area contributed by atoms with Crippen LogP contribution in [0.4, 0.5) is 5.69 Å². The lowest BCUT2D eigenvalue weighted by atomic mass is 10.2. The molecule has 13 heteroatoms. The highest BCUT2D eigenvalue weighted by atomic mass is 79.9. The quantitative estimate of drug-likeness (QED) is 0.127. The van der Waals surface area contributed by atoms with Crippen LogP contribution in [0, 0.1) is 6.92 Å². The summed E-state index contributed by atoms with van der Waals surface area (Å²) in [6.45, 7) is 1.52. The van der Waals surface area contributed by atoms with Gasteiger partial charge in [-0.3, -0.25) is 9.10 Å². The molecule has 0 spiro atoms. The second kappa shape index (κ2) is 14.5. The highest BCUT2D eigenvalue weighted by Crippen LogP contribution is 2.37. The van der Waals surface area contributed by atoms with Crippen molar-refractivity contribution in [2.24, 2.45) is 5.10 Å². The maximum absolute atomic E-state index is 13.5. The summed E-state index contributed by atoms with van der Waals surface area (Å²) in [6, 6.07) is 21.2. The van der Waals surface area contributed by atoms with E-state index in [1.165, 1.54) is 31.5 Å². The van der Waals surface area contributed by atoms with Crippen molar-refractivity contribution in [1.82, 2.24) is 5.43 Å². The largest absolute Gasteiger partial charge is 0.493 e. The predicted octanol–water partition coefficient (Wildman–Crippen LogP) is 7.65. The highest BCUT2D eigenvalue weighted by Gasteiger charge is 2.27. The fourth-order valence-electron chi connectivity index (χ4n) is 3.87. The molecule has 0 heterocycles. The minimum absolute atomic E-state index is 0.0350. The molecule has 0 radical (unpaired) electrons. The van der Waals surface area contributed by atoms with E-state index < -0.39 is 22.5 Å². The number of benzene rings is 4. The number of amides is 1.